The molecule has 1 N–H and O–H groups in total. The number of nitrogens with zero attached hydrogens (tertiary/aromatic N) is 2. The lowest BCUT2D eigenvalue weighted by atomic mass is 9.65. The van der Waals surface area contributed by atoms with E-state index in [4.69, 9.17) is 0 Å². The number of anilines is 2. The van der Waals surface area contributed by atoms with Crippen LogP contribution in [-0.2, 0) is 4.79 Å². The fourth-order valence-corrected chi connectivity index (χ4v) is 5.35. The zero-order valence-electron chi connectivity index (χ0n) is 17.3. The third kappa shape index (κ3) is 3.30. The highest BCUT2D eigenvalue weighted by atomic mass is 16.2. The molecule has 5 heteroatoms. The number of benzene rings is 2. The van der Waals surface area contributed by atoms with Gasteiger partial charge in [-0.3, -0.25) is 14.6 Å². The van der Waals surface area contributed by atoms with Crippen LogP contribution in [0.15, 0.2) is 79.1 Å². The molecule has 1 fully saturated rings. The Morgan fingerprint density at radius 2 is 1.68 bits per heavy atom. The van der Waals surface area contributed by atoms with E-state index in [0.29, 0.717) is 11.3 Å². The predicted molar refractivity (Wildman–Crippen MR) is 121 cm³/mol. The summed E-state index contributed by atoms with van der Waals surface area (Å²) in [5.41, 5.74) is 2.36. The Hall–Kier alpha value is -3.47. The van der Waals surface area contributed by atoms with Gasteiger partial charge in [0.15, 0.2) is 0 Å². The molecule has 5 nitrogen and oxygen atoms in total. The van der Waals surface area contributed by atoms with Crippen LogP contribution in [0.1, 0.15) is 53.9 Å². The summed E-state index contributed by atoms with van der Waals surface area (Å²) in [6.45, 7) is 0. The molecule has 0 unspecified atom stereocenters. The molecule has 156 valence electrons. The number of carbonyl (C=O) groups is 2. The number of fused-ring (bicyclic) bond motifs is 1. The minimum atomic E-state index is -0.586. The van der Waals surface area contributed by atoms with E-state index in [0.717, 1.165) is 43.4 Å². The predicted octanol–water partition coefficient (Wildman–Crippen LogP) is 5.17. The summed E-state index contributed by atoms with van der Waals surface area (Å²) < 4.78 is 0. The zero-order chi connectivity index (χ0) is 21.3. The van der Waals surface area contributed by atoms with Crippen molar-refractivity contribution in [2.24, 2.45) is 0 Å². The number of para-hydroxylation sites is 1. The van der Waals surface area contributed by atoms with Crippen LogP contribution in [0.5, 0.6) is 0 Å². The summed E-state index contributed by atoms with van der Waals surface area (Å²) in [6, 6.07) is 21.0. The number of rotatable bonds is 3. The Balaban J connectivity index is 1.68. The first kappa shape index (κ1) is 19.5. The molecule has 2 amide bonds. The van der Waals surface area contributed by atoms with Crippen LogP contribution < -0.4 is 10.2 Å². The van der Waals surface area contributed by atoms with E-state index in [2.05, 4.69) is 10.3 Å². The van der Waals surface area contributed by atoms with Crippen molar-refractivity contribution in [1.82, 2.24) is 4.98 Å². The van der Waals surface area contributed by atoms with Crippen LogP contribution in [0, 0.1) is 0 Å². The minimum absolute atomic E-state index is 0.0193. The maximum absolute atomic E-state index is 13.8. The quantitative estimate of drug-likeness (QED) is 0.647. The lowest BCUT2D eigenvalue weighted by molar-refractivity contribution is -0.119. The summed E-state index contributed by atoms with van der Waals surface area (Å²) in [5, 5.41) is 3.07. The summed E-state index contributed by atoms with van der Waals surface area (Å²) in [5.74, 6) is -0.563. The van der Waals surface area contributed by atoms with Crippen LogP contribution in [-0.4, -0.2) is 22.3 Å². The van der Waals surface area contributed by atoms with Gasteiger partial charge < -0.3 is 10.2 Å². The van der Waals surface area contributed by atoms with Crippen LogP contribution in [0.2, 0.25) is 0 Å². The number of amides is 2. The van der Waals surface area contributed by atoms with Gasteiger partial charge in [-0.1, -0.05) is 55.7 Å². The zero-order valence-corrected chi connectivity index (χ0v) is 17.3. The van der Waals surface area contributed by atoms with Crippen molar-refractivity contribution in [2.45, 2.75) is 43.6 Å². The topological polar surface area (TPSA) is 62.3 Å². The summed E-state index contributed by atoms with van der Waals surface area (Å²) >= 11 is 0. The van der Waals surface area contributed by atoms with Crippen molar-refractivity contribution in [2.75, 3.05) is 10.2 Å². The van der Waals surface area contributed by atoms with Crippen LogP contribution >= 0.6 is 0 Å². The van der Waals surface area contributed by atoms with Crippen molar-refractivity contribution in [3.63, 3.8) is 0 Å². The normalized spacial score (nSPS) is 19.7. The molecule has 5 rings (SSSR count). The molecule has 0 saturated heterocycles. The molecule has 0 radical (unpaired) electrons. The van der Waals surface area contributed by atoms with Gasteiger partial charge in [-0.05, 0) is 48.7 Å². The third-order valence-electron chi connectivity index (χ3n) is 6.61. The van der Waals surface area contributed by atoms with Gasteiger partial charge in [0.2, 0.25) is 5.91 Å². The second-order valence-corrected chi connectivity index (χ2v) is 8.39. The molecule has 1 saturated carbocycles. The van der Waals surface area contributed by atoms with Crippen LogP contribution in [0.4, 0.5) is 11.4 Å². The second-order valence-electron chi connectivity index (χ2n) is 8.39. The maximum Gasteiger partial charge on any atom is 0.259 e. The van der Waals surface area contributed by atoms with Gasteiger partial charge in [0.25, 0.3) is 5.91 Å². The third-order valence-corrected chi connectivity index (χ3v) is 6.61. The average Bonchev–Trinajstić information content (AvgIpc) is 2.81. The second kappa shape index (κ2) is 7.99. The molecular formula is C26H25N3O2. The van der Waals surface area contributed by atoms with Gasteiger partial charge in [-0.15, -0.1) is 0 Å². The number of carbonyl (C=O) groups excluding carboxylic acids is 2. The molecule has 31 heavy (non-hydrogen) atoms. The highest BCUT2D eigenvalue weighted by Crippen LogP contribution is 2.51. The van der Waals surface area contributed by atoms with Crippen LogP contribution in [0.3, 0.4) is 0 Å². The first-order chi connectivity index (χ1) is 15.2. The van der Waals surface area contributed by atoms with Crippen molar-refractivity contribution in [3.8, 4) is 0 Å². The number of nitrogens with one attached hydrogen (secondary N) is 1. The average molecular weight is 412 g/mol. The molecule has 1 aliphatic carbocycles. The number of hydrogen-bond acceptors (Lipinski definition) is 3. The molecule has 2 aliphatic rings. The molecule has 3 aromatic rings. The summed E-state index contributed by atoms with van der Waals surface area (Å²) in [7, 11) is 0. The monoisotopic (exact) mass is 411 g/mol. The molecule has 2 heterocycles. The summed E-state index contributed by atoms with van der Waals surface area (Å²) in [6.07, 6.45) is 8.05. The Bertz CT molecular complexity index is 1090. The van der Waals surface area contributed by atoms with Crippen molar-refractivity contribution in [1.29, 1.82) is 0 Å². The van der Waals surface area contributed by atoms with Gasteiger partial charge in [-0.25, -0.2) is 0 Å². The number of hydrogen-bond donors (Lipinski definition) is 1. The minimum Gasteiger partial charge on any atom is -0.324 e. The Kier molecular flexibility index (Phi) is 5.02. The fourth-order valence-electron chi connectivity index (χ4n) is 5.35. The van der Waals surface area contributed by atoms with Gasteiger partial charge in [-0.2, -0.15) is 0 Å². The van der Waals surface area contributed by atoms with Crippen molar-refractivity contribution < 1.29 is 9.59 Å². The standard InChI is InChI=1S/C26H25N3O2/c30-24(28-19-10-9-17-27-18-19)23-21-13-5-6-14-22(21)25(31)29(20-11-3-1-4-12-20)26(23)15-7-2-8-16-26/h1,3-6,9-14,17-18,23H,2,7-8,15-16H2,(H,28,30)/t23-/m0/s1. The number of aromatic nitrogens is 1. The van der Waals surface area contributed by atoms with E-state index in [9.17, 15) is 9.59 Å². The van der Waals surface area contributed by atoms with Crippen molar-refractivity contribution in [3.05, 3.63) is 90.3 Å². The molecule has 1 atom stereocenters. The molecule has 1 aromatic heterocycles. The maximum atomic E-state index is 13.8. The van der Waals surface area contributed by atoms with E-state index in [-0.39, 0.29) is 11.8 Å². The largest absolute Gasteiger partial charge is 0.324 e. The SMILES string of the molecule is O=C(Nc1cccnc1)[C@@H]1c2ccccc2C(=O)N(c2ccccc2)C12CCCCC2. The molecule has 2 aromatic carbocycles. The van der Waals surface area contributed by atoms with E-state index < -0.39 is 11.5 Å². The lowest BCUT2D eigenvalue weighted by Crippen LogP contribution is -2.62. The van der Waals surface area contributed by atoms with Gasteiger partial charge in [0.1, 0.15) is 0 Å². The highest BCUT2D eigenvalue weighted by molar-refractivity contribution is 6.13. The molecule has 0 bridgehead atoms. The van der Waals surface area contributed by atoms with E-state index in [1.54, 1.807) is 18.5 Å². The first-order valence-corrected chi connectivity index (χ1v) is 10.9. The first-order valence-electron chi connectivity index (χ1n) is 10.9. The smallest absolute Gasteiger partial charge is 0.259 e. The highest BCUT2D eigenvalue weighted by Gasteiger charge is 2.55. The molecular weight excluding hydrogens is 386 g/mol. The van der Waals surface area contributed by atoms with Gasteiger partial charge in [0.05, 0.1) is 23.3 Å². The Morgan fingerprint density at radius 1 is 0.935 bits per heavy atom. The molecule has 1 aliphatic heterocycles. The van der Waals surface area contributed by atoms with Gasteiger partial charge >= 0.3 is 0 Å². The fraction of sp³-hybridized carbons (Fsp3) is 0.269. The molecule has 1 spiro atoms. The van der Waals surface area contributed by atoms with Crippen LogP contribution in [0.25, 0.3) is 0 Å². The van der Waals surface area contributed by atoms with E-state index >= 15 is 0 Å². The Labute approximate surface area is 182 Å². The van der Waals surface area contributed by atoms with Gasteiger partial charge in [0, 0.05) is 17.4 Å². The lowest BCUT2D eigenvalue weighted by Gasteiger charge is -2.53. The van der Waals surface area contributed by atoms with Crippen molar-refractivity contribution >= 4 is 23.2 Å². The van der Waals surface area contributed by atoms with E-state index in [1.165, 1.54) is 0 Å². The van der Waals surface area contributed by atoms with E-state index in [1.807, 2.05) is 65.6 Å². The Morgan fingerprint density at radius 3 is 2.42 bits per heavy atom. The number of pyridine rings is 1. The summed E-state index contributed by atoms with van der Waals surface area (Å²) in [4.78, 5) is 33.7.